The largest absolute Gasteiger partial charge is 0.326 e. The van der Waals surface area contributed by atoms with Gasteiger partial charge in [0.15, 0.2) is 0 Å². The number of benzene rings is 1. The highest BCUT2D eigenvalue weighted by Crippen LogP contribution is 2.26. The third kappa shape index (κ3) is 3.59. The van der Waals surface area contributed by atoms with Gasteiger partial charge >= 0.3 is 0 Å². The van der Waals surface area contributed by atoms with Gasteiger partial charge in [-0.2, -0.15) is 0 Å². The summed E-state index contributed by atoms with van der Waals surface area (Å²) in [5, 5.41) is 6.76. The average Bonchev–Trinajstić information content (AvgIpc) is 2.93. The SMILES string of the molecule is CC(C)c1ncc(C(=O)Nc2ccc3c(c2)CCCC(=O)N3)s1. The second kappa shape index (κ2) is 6.50. The van der Waals surface area contributed by atoms with Crippen LogP contribution in [0.1, 0.15) is 52.8 Å². The Bertz CT molecular complexity index is 752. The van der Waals surface area contributed by atoms with Crippen molar-refractivity contribution in [3.63, 3.8) is 0 Å². The van der Waals surface area contributed by atoms with Crippen LogP contribution in [0.5, 0.6) is 0 Å². The van der Waals surface area contributed by atoms with Gasteiger partial charge in [-0.15, -0.1) is 11.3 Å². The van der Waals surface area contributed by atoms with Gasteiger partial charge < -0.3 is 10.6 Å². The minimum absolute atomic E-state index is 0.0476. The second-order valence-corrected chi connectivity index (χ2v) is 7.01. The highest BCUT2D eigenvalue weighted by Gasteiger charge is 2.15. The van der Waals surface area contributed by atoms with E-state index in [4.69, 9.17) is 0 Å². The number of thiazole rings is 1. The molecule has 0 fully saturated rings. The van der Waals surface area contributed by atoms with Gasteiger partial charge in [-0.3, -0.25) is 9.59 Å². The molecule has 0 aliphatic carbocycles. The zero-order valence-corrected chi connectivity index (χ0v) is 14.0. The van der Waals surface area contributed by atoms with Crippen LogP contribution in [0, 0.1) is 0 Å². The molecule has 2 heterocycles. The summed E-state index contributed by atoms with van der Waals surface area (Å²) in [6.07, 6.45) is 3.81. The third-order valence-corrected chi connectivity index (χ3v) is 5.03. The number of carbonyl (C=O) groups is 2. The number of fused-ring (bicyclic) bond motifs is 1. The molecule has 6 heteroatoms. The topological polar surface area (TPSA) is 71.1 Å². The molecule has 1 aliphatic heterocycles. The minimum Gasteiger partial charge on any atom is -0.326 e. The van der Waals surface area contributed by atoms with Gasteiger partial charge in [0.05, 0.1) is 11.2 Å². The molecule has 0 saturated heterocycles. The molecule has 0 radical (unpaired) electrons. The quantitative estimate of drug-likeness (QED) is 0.900. The number of amides is 2. The molecule has 0 spiro atoms. The number of anilines is 2. The monoisotopic (exact) mass is 329 g/mol. The summed E-state index contributed by atoms with van der Waals surface area (Å²) < 4.78 is 0. The van der Waals surface area contributed by atoms with Crippen LogP contribution in [0.3, 0.4) is 0 Å². The van der Waals surface area contributed by atoms with Crippen molar-refractivity contribution in [3.05, 3.63) is 39.8 Å². The molecule has 0 bridgehead atoms. The number of hydrogen-bond donors (Lipinski definition) is 2. The van der Waals surface area contributed by atoms with Crippen molar-refractivity contribution in [2.24, 2.45) is 0 Å². The Morgan fingerprint density at radius 1 is 1.35 bits per heavy atom. The van der Waals surface area contributed by atoms with Gasteiger partial charge in [-0.1, -0.05) is 13.8 Å². The molecule has 0 atom stereocenters. The van der Waals surface area contributed by atoms with Crippen molar-refractivity contribution in [1.82, 2.24) is 4.98 Å². The number of hydrogen-bond acceptors (Lipinski definition) is 4. The van der Waals surface area contributed by atoms with E-state index in [1.54, 1.807) is 6.20 Å². The lowest BCUT2D eigenvalue weighted by Crippen LogP contribution is -2.11. The van der Waals surface area contributed by atoms with E-state index in [9.17, 15) is 9.59 Å². The van der Waals surface area contributed by atoms with Crippen molar-refractivity contribution in [3.8, 4) is 0 Å². The van der Waals surface area contributed by atoms with Gasteiger partial charge in [-0.05, 0) is 36.6 Å². The van der Waals surface area contributed by atoms with Crippen molar-refractivity contribution >= 4 is 34.5 Å². The van der Waals surface area contributed by atoms with E-state index < -0.39 is 0 Å². The van der Waals surface area contributed by atoms with Crippen LogP contribution in [0.15, 0.2) is 24.4 Å². The number of aryl methyl sites for hydroxylation is 1. The number of nitrogens with one attached hydrogen (secondary N) is 2. The van der Waals surface area contributed by atoms with Crippen LogP contribution >= 0.6 is 11.3 Å². The van der Waals surface area contributed by atoms with E-state index in [1.807, 2.05) is 18.2 Å². The van der Waals surface area contributed by atoms with Gasteiger partial charge in [-0.25, -0.2) is 4.98 Å². The first-order valence-corrected chi connectivity index (χ1v) is 8.54. The van der Waals surface area contributed by atoms with Gasteiger partial charge in [0.1, 0.15) is 4.88 Å². The predicted octanol–water partition coefficient (Wildman–Crippen LogP) is 3.79. The molecule has 120 valence electrons. The van der Waals surface area contributed by atoms with Crippen LogP contribution in [0.4, 0.5) is 11.4 Å². The summed E-state index contributed by atoms with van der Waals surface area (Å²) in [7, 11) is 0. The Kier molecular flexibility index (Phi) is 4.43. The summed E-state index contributed by atoms with van der Waals surface area (Å²) in [5.74, 6) is 0.219. The molecule has 2 aromatic rings. The van der Waals surface area contributed by atoms with E-state index in [1.165, 1.54) is 11.3 Å². The van der Waals surface area contributed by atoms with Crippen molar-refractivity contribution in [2.75, 3.05) is 10.6 Å². The van der Waals surface area contributed by atoms with Crippen LogP contribution < -0.4 is 10.6 Å². The lowest BCUT2D eigenvalue weighted by Gasteiger charge is -2.10. The standard InChI is InChI=1S/C17H19N3O2S/c1-10(2)17-18-9-14(23-17)16(22)19-12-6-7-13-11(8-12)4-3-5-15(21)20-13/h6-10H,3-5H2,1-2H3,(H,19,22)(H,20,21). The maximum Gasteiger partial charge on any atom is 0.267 e. The molecule has 1 aromatic heterocycles. The smallest absolute Gasteiger partial charge is 0.267 e. The van der Waals surface area contributed by atoms with E-state index in [0.717, 1.165) is 34.8 Å². The molecule has 2 N–H and O–H groups in total. The molecule has 0 unspecified atom stereocenters. The van der Waals surface area contributed by atoms with Crippen LogP contribution in [-0.4, -0.2) is 16.8 Å². The zero-order valence-electron chi connectivity index (χ0n) is 13.2. The summed E-state index contributed by atoms with van der Waals surface area (Å²) in [4.78, 5) is 28.8. The van der Waals surface area contributed by atoms with Gasteiger partial charge in [0.25, 0.3) is 5.91 Å². The van der Waals surface area contributed by atoms with Crippen molar-refractivity contribution < 1.29 is 9.59 Å². The fourth-order valence-electron chi connectivity index (χ4n) is 2.50. The first-order chi connectivity index (χ1) is 11.0. The predicted molar refractivity (Wildman–Crippen MR) is 92.2 cm³/mol. The molecule has 1 aromatic carbocycles. The van der Waals surface area contributed by atoms with Crippen LogP contribution in [0.25, 0.3) is 0 Å². The Morgan fingerprint density at radius 3 is 2.91 bits per heavy atom. The van der Waals surface area contributed by atoms with Gasteiger partial charge in [0.2, 0.25) is 5.91 Å². The Hall–Kier alpha value is -2.21. The lowest BCUT2D eigenvalue weighted by atomic mass is 10.1. The lowest BCUT2D eigenvalue weighted by molar-refractivity contribution is -0.116. The fraction of sp³-hybridized carbons (Fsp3) is 0.353. The molecule has 23 heavy (non-hydrogen) atoms. The summed E-state index contributed by atoms with van der Waals surface area (Å²) >= 11 is 1.42. The highest BCUT2D eigenvalue weighted by atomic mass is 32.1. The molecule has 5 nitrogen and oxygen atoms in total. The molecule has 3 rings (SSSR count). The number of rotatable bonds is 3. The first kappa shape index (κ1) is 15.7. The molecular formula is C17H19N3O2S. The second-order valence-electron chi connectivity index (χ2n) is 5.95. The minimum atomic E-state index is -0.146. The molecule has 1 aliphatic rings. The molecular weight excluding hydrogens is 310 g/mol. The van der Waals surface area contributed by atoms with E-state index in [0.29, 0.717) is 17.2 Å². The van der Waals surface area contributed by atoms with E-state index >= 15 is 0 Å². The molecule has 2 amide bonds. The molecule has 0 saturated carbocycles. The van der Waals surface area contributed by atoms with Crippen molar-refractivity contribution in [2.45, 2.75) is 39.0 Å². The summed E-state index contributed by atoms with van der Waals surface area (Å²) in [6, 6.07) is 5.59. The summed E-state index contributed by atoms with van der Waals surface area (Å²) in [5.41, 5.74) is 2.63. The number of nitrogens with zero attached hydrogens (tertiary/aromatic N) is 1. The van der Waals surface area contributed by atoms with Gasteiger partial charge in [0, 0.05) is 23.7 Å². The normalized spacial score (nSPS) is 14.1. The van der Waals surface area contributed by atoms with E-state index in [2.05, 4.69) is 29.5 Å². The average molecular weight is 329 g/mol. The third-order valence-electron chi connectivity index (χ3n) is 3.73. The number of carbonyl (C=O) groups excluding carboxylic acids is 2. The van der Waals surface area contributed by atoms with Crippen molar-refractivity contribution in [1.29, 1.82) is 0 Å². The van der Waals surface area contributed by atoms with Crippen LogP contribution in [-0.2, 0) is 11.2 Å². The summed E-state index contributed by atoms with van der Waals surface area (Å²) in [6.45, 7) is 4.11. The maximum absolute atomic E-state index is 12.3. The van der Waals surface area contributed by atoms with E-state index in [-0.39, 0.29) is 11.8 Å². The zero-order chi connectivity index (χ0) is 16.4. The maximum atomic E-state index is 12.3. The Morgan fingerprint density at radius 2 is 2.17 bits per heavy atom. The van der Waals surface area contributed by atoms with Crippen LogP contribution in [0.2, 0.25) is 0 Å². The Balaban J connectivity index is 1.76. The number of aromatic nitrogens is 1. The fourth-order valence-corrected chi connectivity index (χ4v) is 3.32. The first-order valence-electron chi connectivity index (χ1n) is 7.73. The highest BCUT2D eigenvalue weighted by molar-refractivity contribution is 7.13. The Labute approximate surface area is 139 Å².